The van der Waals surface area contributed by atoms with E-state index in [-0.39, 0.29) is 0 Å². The van der Waals surface area contributed by atoms with Gasteiger partial charge in [0.05, 0.1) is 6.61 Å². The Balaban J connectivity index is 2.87. The van der Waals surface area contributed by atoms with Crippen LogP contribution >= 0.6 is 0 Å². The molecule has 0 spiro atoms. The molecular weight excluding hydrogens is 186 g/mol. The van der Waals surface area contributed by atoms with E-state index < -0.39 is 0 Å². The first-order chi connectivity index (χ1) is 7.27. The van der Waals surface area contributed by atoms with Gasteiger partial charge < -0.3 is 10.1 Å². The highest BCUT2D eigenvalue weighted by molar-refractivity contribution is 4.49. The molecule has 0 heterocycles. The molecule has 0 amide bonds. The third-order valence-electron chi connectivity index (χ3n) is 2.33. The SMILES string of the molecule is CCCCCCCNCCOCC(C)C. The van der Waals surface area contributed by atoms with Crippen molar-refractivity contribution in [3.05, 3.63) is 0 Å². The molecule has 0 bridgehead atoms. The van der Waals surface area contributed by atoms with Gasteiger partial charge in [-0.2, -0.15) is 0 Å². The van der Waals surface area contributed by atoms with Crippen molar-refractivity contribution in [3.63, 3.8) is 0 Å². The molecule has 0 unspecified atom stereocenters. The zero-order valence-corrected chi connectivity index (χ0v) is 10.8. The number of hydrogen-bond acceptors (Lipinski definition) is 2. The van der Waals surface area contributed by atoms with Crippen LogP contribution in [0.25, 0.3) is 0 Å². The van der Waals surface area contributed by atoms with Gasteiger partial charge >= 0.3 is 0 Å². The molecule has 0 saturated carbocycles. The van der Waals surface area contributed by atoms with Crippen LogP contribution in [0.2, 0.25) is 0 Å². The van der Waals surface area contributed by atoms with Crippen molar-refractivity contribution >= 4 is 0 Å². The van der Waals surface area contributed by atoms with Crippen LogP contribution in [-0.2, 0) is 4.74 Å². The number of nitrogens with one attached hydrogen (secondary N) is 1. The van der Waals surface area contributed by atoms with Gasteiger partial charge in [0, 0.05) is 13.2 Å². The van der Waals surface area contributed by atoms with Gasteiger partial charge in [0.25, 0.3) is 0 Å². The standard InChI is InChI=1S/C13H29NO/c1-4-5-6-7-8-9-14-10-11-15-12-13(2)3/h13-14H,4-12H2,1-3H3. The Bertz CT molecular complexity index is 115. The van der Waals surface area contributed by atoms with Gasteiger partial charge in [-0.05, 0) is 18.9 Å². The van der Waals surface area contributed by atoms with Crippen molar-refractivity contribution in [2.24, 2.45) is 5.92 Å². The second-order valence-electron chi connectivity index (χ2n) is 4.63. The lowest BCUT2D eigenvalue weighted by molar-refractivity contribution is 0.112. The number of hydrogen-bond donors (Lipinski definition) is 1. The van der Waals surface area contributed by atoms with Crippen LogP contribution in [0.3, 0.4) is 0 Å². The maximum absolute atomic E-state index is 5.48. The Morgan fingerprint density at radius 3 is 2.40 bits per heavy atom. The lowest BCUT2D eigenvalue weighted by atomic mass is 10.1. The molecular formula is C13H29NO. The van der Waals surface area contributed by atoms with Crippen molar-refractivity contribution in [1.29, 1.82) is 0 Å². The fraction of sp³-hybridized carbons (Fsp3) is 1.00. The summed E-state index contributed by atoms with van der Waals surface area (Å²) in [6, 6.07) is 0. The summed E-state index contributed by atoms with van der Waals surface area (Å²) in [6.07, 6.45) is 6.79. The van der Waals surface area contributed by atoms with Crippen LogP contribution in [0.15, 0.2) is 0 Å². The van der Waals surface area contributed by atoms with E-state index in [9.17, 15) is 0 Å². The molecule has 0 radical (unpaired) electrons. The molecule has 0 saturated heterocycles. The summed E-state index contributed by atoms with van der Waals surface area (Å²) >= 11 is 0. The molecule has 15 heavy (non-hydrogen) atoms. The Labute approximate surface area is 95.8 Å². The van der Waals surface area contributed by atoms with Crippen molar-refractivity contribution < 1.29 is 4.74 Å². The van der Waals surface area contributed by atoms with Gasteiger partial charge in [0.15, 0.2) is 0 Å². The van der Waals surface area contributed by atoms with Crippen LogP contribution in [0.1, 0.15) is 52.9 Å². The summed E-state index contributed by atoms with van der Waals surface area (Å²) in [4.78, 5) is 0. The minimum Gasteiger partial charge on any atom is -0.380 e. The first-order valence-corrected chi connectivity index (χ1v) is 6.55. The van der Waals surface area contributed by atoms with E-state index in [1.807, 2.05) is 0 Å². The fourth-order valence-electron chi connectivity index (χ4n) is 1.44. The molecule has 92 valence electrons. The second kappa shape index (κ2) is 12.0. The van der Waals surface area contributed by atoms with Crippen molar-refractivity contribution in [3.8, 4) is 0 Å². The van der Waals surface area contributed by atoms with E-state index in [0.29, 0.717) is 5.92 Å². The molecule has 1 N–H and O–H groups in total. The summed E-state index contributed by atoms with van der Waals surface area (Å²) in [7, 11) is 0. The molecule has 0 atom stereocenters. The van der Waals surface area contributed by atoms with E-state index in [0.717, 1.165) is 26.3 Å². The van der Waals surface area contributed by atoms with Gasteiger partial charge in [-0.3, -0.25) is 0 Å². The highest BCUT2D eigenvalue weighted by atomic mass is 16.5. The zero-order chi connectivity index (χ0) is 11.4. The van der Waals surface area contributed by atoms with Crippen LogP contribution in [0, 0.1) is 5.92 Å². The maximum Gasteiger partial charge on any atom is 0.0591 e. The average molecular weight is 215 g/mol. The molecule has 0 rings (SSSR count). The third-order valence-corrected chi connectivity index (χ3v) is 2.33. The van der Waals surface area contributed by atoms with Crippen LogP contribution < -0.4 is 5.32 Å². The Morgan fingerprint density at radius 2 is 1.73 bits per heavy atom. The molecule has 0 aromatic rings. The van der Waals surface area contributed by atoms with E-state index in [1.54, 1.807) is 0 Å². The predicted octanol–water partition coefficient (Wildman–Crippen LogP) is 3.22. The van der Waals surface area contributed by atoms with Crippen molar-refractivity contribution in [1.82, 2.24) is 5.32 Å². The monoisotopic (exact) mass is 215 g/mol. The molecule has 0 aromatic carbocycles. The number of unbranched alkanes of at least 4 members (excludes halogenated alkanes) is 4. The van der Waals surface area contributed by atoms with E-state index >= 15 is 0 Å². The largest absolute Gasteiger partial charge is 0.380 e. The molecule has 0 aromatic heterocycles. The number of ether oxygens (including phenoxy) is 1. The van der Waals surface area contributed by atoms with E-state index in [4.69, 9.17) is 4.74 Å². The number of rotatable bonds is 11. The lowest BCUT2D eigenvalue weighted by Crippen LogP contribution is -2.21. The lowest BCUT2D eigenvalue weighted by Gasteiger charge is -2.07. The van der Waals surface area contributed by atoms with Crippen LogP contribution in [0.4, 0.5) is 0 Å². The Morgan fingerprint density at radius 1 is 1.00 bits per heavy atom. The highest BCUT2D eigenvalue weighted by Gasteiger charge is 1.93. The van der Waals surface area contributed by atoms with E-state index in [1.165, 1.54) is 32.1 Å². The van der Waals surface area contributed by atoms with Crippen LogP contribution in [0.5, 0.6) is 0 Å². The first-order valence-electron chi connectivity index (χ1n) is 6.55. The first kappa shape index (κ1) is 14.9. The summed E-state index contributed by atoms with van der Waals surface area (Å²) in [5, 5.41) is 3.41. The van der Waals surface area contributed by atoms with Crippen molar-refractivity contribution in [2.45, 2.75) is 52.9 Å². The van der Waals surface area contributed by atoms with Gasteiger partial charge in [-0.15, -0.1) is 0 Å². The molecule has 0 fully saturated rings. The second-order valence-corrected chi connectivity index (χ2v) is 4.63. The summed E-state index contributed by atoms with van der Waals surface area (Å²) in [6.45, 7) is 10.5. The Kier molecular flexibility index (Phi) is 11.9. The summed E-state index contributed by atoms with van der Waals surface area (Å²) in [5.74, 6) is 0.652. The predicted molar refractivity (Wildman–Crippen MR) is 67.3 cm³/mol. The minimum atomic E-state index is 0.652. The van der Waals surface area contributed by atoms with Gasteiger partial charge in [0.2, 0.25) is 0 Å². The maximum atomic E-state index is 5.48. The van der Waals surface area contributed by atoms with Crippen molar-refractivity contribution in [2.75, 3.05) is 26.3 Å². The van der Waals surface area contributed by atoms with Gasteiger partial charge in [0.1, 0.15) is 0 Å². The summed E-state index contributed by atoms with van der Waals surface area (Å²) < 4.78 is 5.48. The zero-order valence-electron chi connectivity index (χ0n) is 10.8. The van der Waals surface area contributed by atoms with Gasteiger partial charge in [-0.1, -0.05) is 46.5 Å². The summed E-state index contributed by atoms with van der Waals surface area (Å²) in [5.41, 5.74) is 0. The third kappa shape index (κ3) is 13.9. The molecule has 0 aliphatic carbocycles. The average Bonchev–Trinajstić information content (AvgIpc) is 2.20. The quantitative estimate of drug-likeness (QED) is 0.534. The normalized spacial score (nSPS) is 11.2. The van der Waals surface area contributed by atoms with Crippen LogP contribution in [-0.4, -0.2) is 26.3 Å². The highest BCUT2D eigenvalue weighted by Crippen LogP contribution is 2.00. The van der Waals surface area contributed by atoms with Gasteiger partial charge in [-0.25, -0.2) is 0 Å². The van der Waals surface area contributed by atoms with E-state index in [2.05, 4.69) is 26.1 Å². The molecule has 0 aliphatic heterocycles. The molecule has 2 heteroatoms. The molecule has 0 aliphatic rings. The topological polar surface area (TPSA) is 21.3 Å². The fourth-order valence-corrected chi connectivity index (χ4v) is 1.44. The molecule has 2 nitrogen and oxygen atoms in total. The smallest absolute Gasteiger partial charge is 0.0591 e. The Hall–Kier alpha value is -0.0800. The minimum absolute atomic E-state index is 0.652.